The summed E-state index contributed by atoms with van der Waals surface area (Å²) >= 11 is 0. The minimum Gasteiger partial charge on any atom is -0.424 e. The fourth-order valence-electron chi connectivity index (χ4n) is 1.63. The lowest BCUT2D eigenvalue weighted by Crippen LogP contribution is -2.11. The summed E-state index contributed by atoms with van der Waals surface area (Å²) in [5.74, 6) is 0.0560. The van der Waals surface area contributed by atoms with Gasteiger partial charge in [-0.25, -0.2) is 0 Å². The lowest BCUT2D eigenvalue weighted by atomic mass is 10.1. The smallest absolute Gasteiger partial charge is 0.424 e. The molecule has 0 saturated carbocycles. The van der Waals surface area contributed by atoms with Crippen LogP contribution in [0.25, 0.3) is 0 Å². The molecular formula is C15H12F3N3O. The van der Waals surface area contributed by atoms with Gasteiger partial charge >= 0.3 is 12.2 Å². The van der Waals surface area contributed by atoms with Gasteiger partial charge in [0.1, 0.15) is 5.75 Å². The third-order valence-corrected chi connectivity index (χ3v) is 2.80. The fraction of sp³-hybridized carbons (Fsp3) is 0.267. The van der Waals surface area contributed by atoms with E-state index < -0.39 is 11.9 Å². The molecule has 1 aromatic heterocycles. The van der Waals surface area contributed by atoms with Crippen LogP contribution in [0.3, 0.4) is 0 Å². The second-order valence-corrected chi connectivity index (χ2v) is 4.85. The van der Waals surface area contributed by atoms with Crippen LogP contribution in [0.1, 0.15) is 36.7 Å². The summed E-state index contributed by atoms with van der Waals surface area (Å²) in [6.45, 7) is 3.46. The van der Waals surface area contributed by atoms with Crippen molar-refractivity contribution in [2.75, 3.05) is 0 Å². The van der Waals surface area contributed by atoms with Gasteiger partial charge in [-0.2, -0.15) is 28.4 Å². The van der Waals surface area contributed by atoms with Crippen LogP contribution in [0.5, 0.6) is 11.8 Å². The number of ether oxygens (including phenoxy) is 1. The second-order valence-electron chi connectivity index (χ2n) is 4.85. The van der Waals surface area contributed by atoms with Crippen molar-refractivity contribution >= 4 is 0 Å². The van der Waals surface area contributed by atoms with Crippen molar-refractivity contribution in [1.82, 2.24) is 9.97 Å². The van der Waals surface area contributed by atoms with Gasteiger partial charge in [0.05, 0.1) is 17.3 Å². The Hall–Kier alpha value is -2.62. The van der Waals surface area contributed by atoms with Gasteiger partial charge in [-0.1, -0.05) is 13.8 Å². The average molecular weight is 307 g/mol. The first-order valence-corrected chi connectivity index (χ1v) is 6.44. The highest BCUT2D eigenvalue weighted by atomic mass is 19.4. The van der Waals surface area contributed by atoms with Gasteiger partial charge < -0.3 is 4.74 Å². The Morgan fingerprint density at radius 2 is 1.77 bits per heavy atom. The normalized spacial score (nSPS) is 11.3. The molecule has 1 aromatic carbocycles. The predicted molar refractivity (Wildman–Crippen MR) is 72.4 cm³/mol. The molecule has 1 heterocycles. The molecule has 0 aliphatic heterocycles. The molecule has 0 unspecified atom stereocenters. The topological polar surface area (TPSA) is 58.8 Å². The second kappa shape index (κ2) is 6.02. The lowest BCUT2D eigenvalue weighted by Gasteiger charge is -2.12. The summed E-state index contributed by atoms with van der Waals surface area (Å²) in [5.41, 5.74) is -0.388. The molecule has 0 bridgehead atoms. The Kier molecular flexibility index (Phi) is 4.31. The van der Waals surface area contributed by atoms with Crippen molar-refractivity contribution in [2.24, 2.45) is 0 Å². The van der Waals surface area contributed by atoms with Crippen LogP contribution in [0.2, 0.25) is 0 Å². The maximum absolute atomic E-state index is 12.9. The number of halogens is 3. The van der Waals surface area contributed by atoms with Gasteiger partial charge in [-0.05, 0) is 36.2 Å². The van der Waals surface area contributed by atoms with Crippen LogP contribution < -0.4 is 4.74 Å². The van der Waals surface area contributed by atoms with Crippen molar-refractivity contribution in [2.45, 2.75) is 25.9 Å². The van der Waals surface area contributed by atoms with Gasteiger partial charge in [0.25, 0.3) is 0 Å². The molecule has 22 heavy (non-hydrogen) atoms. The highest BCUT2D eigenvalue weighted by Gasteiger charge is 2.34. The zero-order valence-corrected chi connectivity index (χ0v) is 11.8. The number of alkyl halides is 3. The monoisotopic (exact) mass is 307 g/mol. The third-order valence-electron chi connectivity index (χ3n) is 2.80. The Bertz CT molecular complexity index is 703. The minimum absolute atomic E-state index is 0.201. The van der Waals surface area contributed by atoms with Crippen molar-refractivity contribution in [1.29, 1.82) is 5.26 Å². The van der Waals surface area contributed by atoms with Crippen LogP contribution in [0.15, 0.2) is 30.3 Å². The Morgan fingerprint density at radius 3 is 2.27 bits per heavy atom. The number of nitriles is 1. The predicted octanol–water partition coefficient (Wildman–Crippen LogP) is 4.28. The first-order valence-electron chi connectivity index (χ1n) is 6.44. The lowest BCUT2D eigenvalue weighted by molar-refractivity contribution is -0.141. The first kappa shape index (κ1) is 15.8. The SMILES string of the molecule is CC(C)c1cc(C(F)(F)F)nc(Oc2ccc(C#N)cc2)n1. The number of rotatable bonds is 3. The van der Waals surface area contributed by atoms with E-state index in [0.717, 1.165) is 6.07 Å². The number of benzene rings is 1. The molecule has 114 valence electrons. The van der Waals surface area contributed by atoms with E-state index >= 15 is 0 Å². The molecular weight excluding hydrogens is 295 g/mol. The molecule has 0 N–H and O–H groups in total. The van der Waals surface area contributed by atoms with Crippen molar-refractivity contribution < 1.29 is 17.9 Å². The molecule has 0 amide bonds. The average Bonchev–Trinajstić information content (AvgIpc) is 2.46. The minimum atomic E-state index is -4.57. The maximum Gasteiger partial charge on any atom is 0.433 e. The summed E-state index contributed by atoms with van der Waals surface area (Å²) in [6.07, 6.45) is -4.57. The molecule has 0 fully saturated rings. The number of hydrogen-bond acceptors (Lipinski definition) is 4. The molecule has 7 heteroatoms. The van der Waals surface area contributed by atoms with Crippen LogP contribution in [-0.2, 0) is 6.18 Å². The molecule has 2 aromatic rings. The zero-order chi connectivity index (χ0) is 16.3. The number of hydrogen-bond donors (Lipinski definition) is 0. The van der Waals surface area contributed by atoms with Crippen molar-refractivity contribution in [3.05, 3.63) is 47.3 Å². The standard InChI is InChI=1S/C15H12F3N3O/c1-9(2)12-7-13(15(16,17)18)21-14(20-12)22-11-5-3-10(8-19)4-6-11/h3-7,9H,1-2H3. The summed E-state index contributed by atoms with van der Waals surface area (Å²) in [4.78, 5) is 7.39. The van der Waals surface area contributed by atoms with Crippen LogP contribution >= 0.6 is 0 Å². The first-order chi connectivity index (χ1) is 10.3. The van der Waals surface area contributed by atoms with Gasteiger partial charge in [0, 0.05) is 0 Å². The van der Waals surface area contributed by atoms with Gasteiger partial charge in [0.15, 0.2) is 5.69 Å². The summed E-state index contributed by atoms with van der Waals surface area (Å²) in [6, 6.07) is 8.40. The van der Waals surface area contributed by atoms with Crippen molar-refractivity contribution in [3.63, 3.8) is 0 Å². The molecule has 0 aliphatic rings. The van der Waals surface area contributed by atoms with Crippen LogP contribution in [-0.4, -0.2) is 9.97 Å². The largest absolute Gasteiger partial charge is 0.433 e. The molecule has 0 spiro atoms. The van der Waals surface area contributed by atoms with E-state index in [2.05, 4.69) is 9.97 Å². The molecule has 0 atom stereocenters. The highest BCUT2D eigenvalue weighted by Crippen LogP contribution is 2.31. The summed E-state index contributed by atoms with van der Waals surface area (Å²) in [5, 5.41) is 8.70. The highest BCUT2D eigenvalue weighted by molar-refractivity contribution is 5.35. The Balaban J connectivity index is 2.37. The summed E-state index contributed by atoms with van der Waals surface area (Å²) in [7, 11) is 0. The fourth-order valence-corrected chi connectivity index (χ4v) is 1.63. The van der Waals surface area contributed by atoms with E-state index in [1.54, 1.807) is 13.8 Å². The van der Waals surface area contributed by atoms with E-state index in [-0.39, 0.29) is 23.4 Å². The van der Waals surface area contributed by atoms with E-state index in [4.69, 9.17) is 10.00 Å². The maximum atomic E-state index is 12.9. The number of aromatic nitrogens is 2. The van der Waals surface area contributed by atoms with Crippen LogP contribution in [0, 0.1) is 11.3 Å². The molecule has 0 aliphatic carbocycles. The van der Waals surface area contributed by atoms with E-state index in [1.807, 2.05) is 6.07 Å². The number of nitrogens with zero attached hydrogens (tertiary/aromatic N) is 3. The van der Waals surface area contributed by atoms with Gasteiger partial charge in [-0.15, -0.1) is 0 Å². The molecule has 2 rings (SSSR count). The van der Waals surface area contributed by atoms with Gasteiger partial charge in [0.2, 0.25) is 0 Å². The Labute approximate surface area is 125 Å². The Morgan fingerprint density at radius 1 is 1.14 bits per heavy atom. The summed E-state index contributed by atoms with van der Waals surface area (Å²) < 4.78 is 43.9. The van der Waals surface area contributed by atoms with Crippen molar-refractivity contribution in [3.8, 4) is 17.8 Å². The van der Waals surface area contributed by atoms with E-state index in [1.165, 1.54) is 24.3 Å². The van der Waals surface area contributed by atoms with E-state index in [9.17, 15) is 13.2 Å². The third kappa shape index (κ3) is 3.73. The van der Waals surface area contributed by atoms with Gasteiger partial charge in [-0.3, -0.25) is 0 Å². The van der Waals surface area contributed by atoms with Crippen LogP contribution in [0.4, 0.5) is 13.2 Å². The zero-order valence-electron chi connectivity index (χ0n) is 11.8. The molecule has 4 nitrogen and oxygen atoms in total. The molecule has 0 radical (unpaired) electrons. The van der Waals surface area contributed by atoms with E-state index in [0.29, 0.717) is 5.56 Å². The molecule has 0 saturated heterocycles. The quantitative estimate of drug-likeness (QED) is 0.849.